The summed E-state index contributed by atoms with van der Waals surface area (Å²) in [4.78, 5) is 0. The highest BCUT2D eigenvalue weighted by molar-refractivity contribution is 7.99. The molecule has 1 N–H and O–H groups in total. The molecule has 0 spiro atoms. The summed E-state index contributed by atoms with van der Waals surface area (Å²) in [6.45, 7) is 0.213. The number of aryl methyl sites for hydroxylation is 1. The van der Waals surface area contributed by atoms with E-state index in [1.54, 1.807) is 31.0 Å². The molecule has 0 aliphatic heterocycles. The summed E-state index contributed by atoms with van der Waals surface area (Å²) in [5.74, 6) is 1.92. The second kappa shape index (κ2) is 7.11. The second-order valence-corrected chi connectivity index (χ2v) is 5.02. The average Bonchev–Trinajstić information content (AvgIpc) is 2.89. The fourth-order valence-electron chi connectivity index (χ4n) is 1.43. The SMILES string of the molecule is COc1ccc(OCC(O)CSc2nnnn2C)cc1. The lowest BCUT2D eigenvalue weighted by atomic mass is 10.3. The molecule has 1 heterocycles. The van der Waals surface area contributed by atoms with Gasteiger partial charge in [-0.1, -0.05) is 11.8 Å². The first-order valence-corrected chi connectivity index (χ1v) is 6.97. The smallest absolute Gasteiger partial charge is 0.209 e. The zero-order chi connectivity index (χ0) is 14.4. The summed E-state index contributed by atoms with van der Waals surface area (Å²) in [6, 6.07) is 7.21. The standard InChI is InChI=1S/C12H16N4O3S/c1-16-12(13-14-15-16)20-8-9(17)7-19-11-5-3-10(18-2)4-6-11/h3-6,9,17H,7-8H2,1-2H3. The van der Waals surface area contributed by atoms with Crippen LogP contribution in [0.2, 0.25) is 0 Å². The maximum absolute atomic E-state index is 9.85. The molecular weight excluding hydrogens is 280 g/mol. The zero-order valence-corrected chi connectivity index (χ0v) is 12.1. The number of aromatic nitrogens is 4. The molecule has 0 aliphatic carbocycles. The van der Waals surface area contributed by atoms with Gasteiger partial charge in [0.25, 0.3) is 0 Å². The third-order valence-electron chi connectivity index (χ3n) is 2.49. The molecule has 0 fully saturated rings. The van der Waals surface area contributed by atoms with Crippen LogP contribution in [0.1, 0.15) is 0 Å². The van der Waals surface area contributed by atoms with E-state index in [4.69, 9.17) is 9.47 Å². The number of ether oxygens (including phenoxy) is 2. The van der Waals surface area contributed by atoms with Gasteiger partial charge in [-0.2, -0.15) is 0 Å². The number of aliphatic hydroxyl groups is 1. The van der Waals surface area contributed by atoms with Crippen LogP contribution < -0.4 is 9.47 Å². The van der Waals surface area contributed by atoms with E-state index in [-0.39, 0.29) is 6.61 Å². The monoisotopic (exact) mass is 296 g/mol. The van der Waals surface area contributed by atoms with E-state index in [1.165, 1.54) is 11.8 Å². The van der Waals surface area contributed by atoms with Gasteiger partial charge in [-0.05, 0) is 34.7 Å². The molecule has 2 rings (SSSR count). The molecule has 0 radical (unpaired) electrons. The van der Waals surface area contributed by atoms with Crippen molar-refractivity contribution in [2.45, 2.75) is 11.3 Å². The topological polar surface area (TPSA) is 82.3 Å². The van der Waals surface area contributed by atoms with Gasteiger partial charge < -0.3 is 14.6 Å². The van der Waals surface area contributed by atoms with Crippen molar-refractivity contribution < 1.29 is 14.6 Å². The highest BCUT2D eigenvalue weighted by atomic mass is 32.2. The Hall–Kier alpha value is -1.80. The number of tetrazole rings is 1. The van der Waals surface area contributed by atoms with Gasteiger partial charge in [-0.25, -0.2) is 4.68 Å². The van der Waals surface area contributed by atoms with E-state index < -0.39 is 6.10 Å². The van der Waals surface area contributed by atoms with Crippen molar-refractivity contribution in [2.24, 2.45) is 7.05 Å². The lowest BCUT2D eigenvalue weighted by Gasteiger charge is -2.11. The van der Waals surface area contributed by atoms with Gasteiger partial charge in [-0.15, -0.1) is 5.10 Å². The van der Waals surface area contributed by atoms with Crippen LogP contribution in [-0.2, 0) is 7.05 Å². The quantitative estimate of drug-likeness (QED) is 0.755. The Morgan fingerprint density at radius 2 is 2.00 bits per heavy atom. The Morgan fingerprint density at radius 3 is 2.60 bits per heavy atom. The molecule has 1 atom stereocenters. The van der Waals surface area contributed by atoms with Crippen molar-refractivity contribution in [1.82, 2.24) is 20.2 Å². The summed E-state index contributed by atoms with van der Waals surface area (Å²) >= 11 is 1.38. The molecule has 7 nitrogen and oxygen atoms in total. The van der Waals surface area contributed by atoms with Crippen LogP contribution in [0.4, 0.5) is 0 Å². The minimum Gasteiger partial charge on any atom is -0.497 e. The van der Waals surface area contributed by atoms with Crippen LogP contribution in [-0.4, -0.2) is 50.9 Å². The molecule has 1 aromatic carbocycles. The molecule has 1 aromatic heterocycles. The first kappa shape index (κ1) is 14.6. The van der Waals surface area contributed by atoms with Crippen LogP contribution >= 0.6 is 11.8 Å². The van der Waals surface area contributed by atoms with Crippen LogP contribution in [0.5, 0.6) is 11.5 Å². The van der Waals surface area contributed by atoms with Crippen molar-refractivity contribution in [2.75, 3.05) is 19.5 Å². The summed E-state index contributed by atoms with van der Waals surface area (Å²) in [5.41, 5.74) is 0. The number of benzene rings is 1. The van der Waals surface area contributed by atoms with E-state index in [0.29, 0.717) is 16.7 Å². The van der Waals surface area contributed by atoms with Crippen LogP contribution in [0.3, 0.4) is 0 Å². The zero-order valence-electron chi connectivity index (χ0n) is 11.3. The van der Waals surface area contributed by atoms with Crippen molar-refractivity contribution >= 4 is 11.8 Å². The summed E-state index contributed by atoms with van der Waals surface area (Å²) in [7, 11) is 3.36. The molecule has 8 heteroatoms. The lowest BCUT2D eigenvalue weighted by Crippen LogP contribution is -2.20. The van der Waals surface area contributed by atoms with E-state index in [2.05, 4.69) is 15.5 Å². The first-order chi connectivity index (χ1) is 9.69. The van der Waals surface area contributed by atoms with Crippen LogP contribution in [0.25, 0.3) is 0 Å². The third-order valence-corrected chi connectivity index (χ3v) is 3.64. The fraction of sp³-hybridized carbons (Fsp3) is 0.417. The van der Waals surface area contributed by atoms with Gasteiger partial charge in [0.1, 0.15) is 18.1 Å². The predicted molar refractivity (Wildman–Crippen MR) is 74.0 cm³/mol. The van der Waals surface area contributed by atoms with Gasteiger partial charge >= 0.3 is 0 Å². The number of hydrogen-bond donors (Lipinski definition) is 1. The maximum Gasteiger partial charge on any atom is 0.209 e. The summed E-state index contributed by atoms with van der Waals surface area (Å²) < 4.78 is 12.1. The van der Waals surface area contributed by atoms with E-state index in [9.17, 15) is 5.11 Å². The molecule has 0 aliphatic rings. The van der Waals surface area contributed by atoms with Gasteiger partial charge in [0, 0.05) is 12.8 Å². The minimum absolute atomic E-state index is 0.213. The fourth-order valence-corrected chi connectivity index (χ4v) is 2.18. The maximum atomic E-state index is 9.85. The highest BCUT2D eigenvalue weighted by Gasteiger charge is 2.09. The van der Waals surface area contributed by atoms with Crippen molar-refractivity contribution in [3.63, 3.8) is 0 Å². The normalized spacial score (nSPS) is 12.2. The van der Waals surface area contributed by atoms with E-state index >= 15 is 0 Å². The molecule has 0 amide bonds. The molecule has 0 saturated heterocycles. The van der Waals surface area contributed by atoms with E-state index in [1.807, 2.05) is 12.1 Å². The van der Waals surface area contributed by atoms with Crippen molar-refractivity contribution in [1.29, 1.82) is 0 Å². The van der Waals surface area contributed by atoms with Gasteiger partial charge in [0.15, 0.2) is 0 Å². The highest BCUT2D eigenvalue weighted by Crippen LogP contribution is 2.18. The number of nitrogens with zero attached hydrogens (tertiary/aromatic N) is 4. The third kappa shape index (κ3) is 4.10. The number of methoxy groups -OCH3 is 1. The van der Waals surface area contributed by atoms with Gasteiger partial charge in [0.2, 0.25) is 5.16 Å². The van der Waals surface area contributed by atoms with Crippen LogP contribution in [0.15, 0.2) is 29.4 Å². The Kier molecular flexibility index (Phi) is 5.19. The van der Waals surface area contributed by atoms with Crippen molar-refractivity contribution in [3.05, 3.63) is 24.3 Å². The molecular formula is C12H16N4O3S. The minimum atomic E-state index is -0.598. The largest absolute Gasteiger partial charge is 0.497 e. The number of hydrogen-bond acceptors (Lipinski definition) is 7. The molecule has 20 heavy (non-hydrogen) atoms. The van der Waals surface area contributed by atoms with Gasteiger partial charge in [0.05, 0.1) is 13.2 Å². The molecule has 1 unspecified atom stereocenters. The number of aliphatic hydroxyl groups excluding tert-OH is 1. The van der Waals surface area contributed by atoms with Crippen molar-refractivity contribution in [3.8, 4) is 11.5 Å². The molecule has 0 bridgehead atoms. The molecule has 108 valence electrons. The number of thioether (sulfide) groups is 1. The molecule has 0 saturated carbocycles. The second-order valence-electron chi connectivity index (χ2n) is 4.04. The molecule has 2 aromatic rings. The summed E-state index contributed by atoms with van der Waals surface area (Å²) in [6.07, 6.45) is -0.598. The average molecular weight is 296 g/mol. The Morgan fingerprint density at radius 1 is 1.30 bits per heavy atom. The number of rotatable bonds is 7. The lowest BCUT2D eigenvalue weighted by molar-refractivity contribution is 0.126. The van der Waals surface area contributed by atoms with E-state index in [0.717, 1.165) is 5.75 Å². The van der Waals surface area contributed by atoms with Crippen LogP contribution in [0, 0.1) is 0 Å². The predicted octanol–water partition coefficient (Wildman–Crippen LogP) is 0.751. The Labute approximate surface area is 120 Å². The Bertz CT molecular complexity index is 532. The first-order valence-electron chi connectivity index (χ1n) is 5.99. The summed E-state index contributed by atoms with van der Waals surface area (Å²) in [5, 5.41) is 21.6. The Balaban J connectivity index is 1.74. The van der Waals surface area contributed by atoms with Gasteiger partial charge in [-0.3, -0.25) is 0 Å².